The number of H-pyrrole nitrogens is 1. The van der Waals surface area contributed by atoms with Crippen LogP contribution in [-0.2, 0) is 0 Å². The number of aryl methyl sites for hydroxylation is 1. The average molecular weight is 363 g/mol. The van der Waals surface area contributed by atoms with E-state index in [0.717, 1.165) is 22.2 Å². The van der Waals surface area contributed by atoms with Crippen molar-refractivity contribution >= 4 is 33.5 Å². The summed E-state index contributed by atoms with van der Waals surface area (Å²) < 4.78 is 0.580. The predicted octanol–water partition coefficient (Wildman–Crippen LogP) is 2.90. The Labute approximate surface area is 123 Å². The maximum atomic E-state index is 11.7. The molecule has 0 saturated heterocycles. The molecule has 0 amide bonds. The van der Waals surface area contributed by atoms with E-state index >= 15 is 0 Å². The Balaban J connectivity index is 2.35. The second-order valence-corrected chi connectivity index (χ2v) is 5.40. The van der Waals surface area contributed by atoms with Crippen molar-refractivity contribution < 1.29 is 0 Å². The van der Waals surface area contributed by atoms with Crippen LogP contribution in [0, 0.1) is 10.5 Å². The van der Waals surface area contributed by atoms with Crippen molar-refractivity contribution in [1.29, 1.82) is 0 Å². The summed E-state index contributed by atoms with van der Waals surface area (Å²) in [4.78, 5) is 23.3. The quantitative estimate of drug-likeness (QED) is 0.677. The van der Waals surface area contributed by atoms with Crippen LogP contribution in [0.1, 0.15) is 5.69 Å². The molecule has 1 N–H and O–H groups in total. The molecule has 0 fully saturated rings. The van der Waals surface area contributed by atoms with Gasteiger partial charge in [0.2, 0.25) is 0 Å². The minimum atomic E-state index is -0.121. The van der Waals surface area contributed by atoms with Crippen LogP contribution in [-0.4, -0.2) is 15.0 Å². The largest absolute Gasteiger partial charge is 0.306 e. The van der Waals surface area contributed by atoms with Gasteiger partial charge in [0, 0.05) is 22.8 Å². The topological polar surface area (TPSA) is 58.6 Å². The maximum Gasteiger partial charge on any atom is 0.264 e. The van der Waals surface area contributed by atoms with E-state index in [1.807, 2.05) is 59.8 Å². The highest BCUT2D eigenvalue weighted by atomic mass is 127. The van der Waals surface area contributed by atoms with Gasteiger partial charge in [0.1, 0.15) is 5.82 Å². The third-order valence-electron chi connectivity index (χ3n) is 2.86. The summed E-state index contributed by atoms with van der Waals surface area (Å²) in [6.07, 6.45) is 1.58. The summed E-state index contributed by atoms with van der Waals surface area (Å²) in [6, 6.07) is 9.77. The van der Waals surface area contributed by atoms with Crippen molar-refractivity contribution in [3.05, 3.63) is 56.1 Å². The highest BCUT2D eigenvalue weighted by Crippen LogP contribution is 2.25. The van der Waals surface area contributed by atoms with Gasteiger partial charge < -0.3 is 4.98 Å². The average Bonchev–Trinajstić information content (AvgIpc) is 2.41. The van der Waals surface area contributed by atoms with Crippen LogP contribution in [0.2, 0.25) is 0 Å². The van der Waals surface area contributed by atoms with Gasteiger partial charge in [-0.25, -0.2) is 4.98 Å². The minimum Gasteiger partial charge on any atom is -0.306 e. The molecule has 0 aliphatic heterocycles. The normalized spacial score (nSPS) is 10.8. The molecule has 3 aromatic rings. The molecule has 4 nitrogen and oxygen atoms in total. The molecular formula is C14H10IN3O. The van der Waals surface area contributed by atoms with Gasteiger partial charge in [-0.1, -0.05) is 18.2 Å². The summed E-state index contributed by atoms with van der Waals surface area (Å²) in [5.41, 5.74) is 2.58. The number of hydrogen-bond acceptors (Lipinski definition) is 3. The molecule has 0 radical (unpaired) electrons. The number of para-hydroxylation sites is 1. The molecule has 0 bridgehead atoms. The Morgan fingerprint density at radius 3 is 2.84 bits per heavy atom. The zero-order chi connectivity index (χ0) is 13.4. The first kappa shape index (κ1) is 12.3. The van der Waals surface area contributed by atoms with E-state index in [1.165, 1.54) is 0 Å². The molecule has 0 aliphatic carbocycles. The monoisotopic (exact) mass is 363 g/mol. The smallest absolute Gasteiger partial charge is 0.264 e. The number of hydrogen-bond donors (Lipinski definition) is 1. The van der Waals surface area contributed by atoms with E-state index in [1.54, 1.807) is 6.20 Å². The molecule has 94 valence electrons. The van der Waals surface area contributed by atoms with Gasteiger partial charge in [0.15, 0.2) is 0 Å². The van der Waals surface area contributed by atoms with Gasteiger partial charge in [-0.15, -0.1) is 0 Å². The summed E-state index contributed by atoms with van der Waals surface area (Å²) in [6.45, 7) is 1.93. The number of nitrogens with one attached hydrogen (secondary N) is 1. The lowest BCUT2D eigenvalue weighted by atomic mass is 10.1. The molecule has 0 spiro atoms. The molecule has 0 unspecified atom stereocenters. The standard InChI is InChI=1S/C14H10IN3O/c1-8-6-10(9-4-2-3-5-12(9)17-8)13-16-7-11(15)14(19)18-13/h2-7H,1H3,(H,16,18,19). The summed E-state index contributed by atoms with van der Waals surface area (Å²) in [5.74, 6) is 0.576. The highest BCUT2D eigenvalue weighted by Gasteiger charge is 2.08. The van der Waals surface area contributed by atoms with Gasteiger partial charge in [-0.05, 0) is 41.6 Å². The fourth-order valence-electron chi connectivity index (χ4n) is 2.02. The van der Waals surface area contributed by atoms with Crippen molar-refractivity contribution in [2.75, 3.05) is 0 Å². The number of nitrogens with zero attached hydrogens (tertiary/aromatic N) is 2. The lowest BCUT2D eigenvalue weighted by Gasteiger charge is -2.07. The molecule has 5 heteroatoms. The van der Waals surface area contributed by atoms with Gasteiger partial charge in [0.25, 0.3) is 5.56 Å². The summed E-state index contributed by atoms with van der Waals surface area (Å²) in [5, 5.41) is 0.984. The number of pyridine rings is 1. The SMILES string of the molecule is Cc1cc(-c2ncc(I)c(=O)[nH]2)c2ccccc2n1. The Kier molecular flexibility index (Phi) is 3.06. The second kappa shape index (κ2) is 4.73. The third kappa shape index (κ3) is 2.25. The van der Waals surface area contributed by atoms with Crippen molar-refractivity contribution in [1.82, 2.24) is 15.0 Å². The van der Waals surface area contributed by atoms with Crippen molar-refractivity contribution in [2.45, 2.75) is 6.92 Å². The lowest BCUT2D eigenvalue weighted by Crippen LogP contribution is -2.11. The molecule has 2 aromatic heterocycles. The zero-order valence-electron chi connectivity index (χ0n) is 10.1. The van der Waals surface area contributed by atoms with E-state index in [2.05, 4.69) is 15.0 Å². The molecule has 0 atom stereocenters. The Morgan fingerprint density at radius 1 is 1.26 bits per heavy atom. The van der Waals surface area contributed by atoms with Crippen LogP contribution in [0.15, 0.2) is 41.3 Å². The van der Waals surface area contributed by atoms with E-state index in [0.29, 0.717) is 9.39 Å². The molecule has 2 heterocycles. The maximum absolute atomic E-state index is 11.7. The lowest BCUT2D eigenvalue weighted by molar-refractivity contribution is 1.11. The van der Waals surface area contributed by atoms with Crippen molar-refractivity contribution in [3.8, 4) is 11.4 Å². The van der Waals surface area contributed by atoms with Crippen LogP contribution in [0.5, 0.6) is 0 Å². The first-order chi connectivity index (χ1) is 9.15. The molecule has 0 aliphatic rings. The van der Waals surface area contributed by atoms with Crippen LogP contribution in [0.3, 0.4) is 0 Å². The molecular weight excluding hydrogens is 353 g/mol. The van der Waals surface area contributed by atoms with Crippen LogP contribution in [0.25, 0.3) is 22.3 Å². The van der Waals surface area contributed by atoms with E-state index in [4.69, 9.17) is 0 Å². The summed E-state index contributed by atoms with van der Waals surface area (Å²) in [7, 11) is 0. The number of fused-ring (bicyclic) bond motifs is 1. The number of aromatic amines is 1. The van der Waals surface area contributed by atoms with Gasteiger partial charge in [-0.2, -0.15) is 0 Å². The molecule has 19 heavy (non-hydrogen) atoms. The first-order valence-corrected chi connectivity index (χ1v) is 6.84. The van der Waals surface area contributed by atoms with E-state index in [9.17, 15) is 4.79 Å². The fraction of sp³-hybridized carbons (Fsp3) is 0.0714. The fourth-order valence-corrected chi connectivity index (χ4v) is 2.29. The second-order valence-electron chi connectivity index (χ2n) is 4.24. The van der Waals surface area contributed by atoms with Crippen LogP contribution >= 0.6 is 22.6 Å². The molecule has 0 saturated carbocycles. The van der Waals surface area contributed by atoms with Crippen LogP contribution in [0.4, 0.5) is 0 Å². The first-order valence-electron chi connectivity index (χ1n) is 5.77. The summed E-state index contributed by atoms with van der Waals surface area (Å²) >= 11 is 1.97. The predicted molar refractivity (Wildman–Crippen MR) is 83.0 cm³/mol. The van der Waals surface area contributed by atoms with E-state index < -0.39 is 0 Å². The van der Waals surface area contributed by atoms with E-state index in [-0.39, 0.29) is 5.56 Å². The highest BCUT2D eigenvalue weighted by molar-refractivity contribution is 14.1. The molecule has 3 rings (SSSR count). The van der Waals surface area contributed by atoms with Crippen molar-refractivity contribution in [3.63, 3.8) is 0 Å². The number of rotatable bonds is 1. The van der Waals surface area contributed by atoms with Crippen LogP contribution < -0.4 is 5.56 Å². The number of halogens is 1. The Morgan fingerprint density at radius 2 is 2.05 bits per heavy atom. The minimum absolute atomic E-state index is 0.121. The van der Waals surface area contributed by atoms with Gasteiger partial charge >= 0.3 is 0 Å². The van der Waals surface area contributed by atoms with Gasteiger partial charge in [0.05, 0.1) is 9.09 Å². The Bertz CT molecular complexity index is 826. The van der Waals surface area contributed by atoms with Crippen molar-refractivity contribution in [2.24, 2.45) is 0 Å². The number of aromatic nitrogens is 3. The number of benzene rings is 1. The molecule has 1 aromatic carbocycles. The Hall–Kier alpha value is -1.76. The van der Waals surface area contributed by atoms with Gasteiger partial charge in [-0.3, -0.25) is 9.78 Å². The zero-order valence-corrected chi connectivity index (χ0v) is 12.3. The third-order valence-corrected chi connectivity index (χ3v) is 3.62.